The van der Waals surface area contributed by atoms with E-state index in [-0.39, 0.29) is 12.3 Å². The Morgan fingerprint density at radius 2 is 1.83 bits per heavy atom. The first-order valence-electron chi connectivity index (χ1n) is 4.95. The molecule has 0 amide bonds. The first-order chi connectivity index (χ1) is 8.19. The fraction of sp³-hybridized carbons (Fsp3) is 0.500. The summed E-state index contributed by atoms with van der Waals surface area (Å²) in [6.07, 6.45) is -3.08. The molecule has 1 aromatic rings. The predicted octanol–water partition coefficient (Wildman–Crippen LogP) is 2.67. The summed E-state index contributed by atoms with van der Waals surface area (Å²) in [4.78, 5) is 18.4. The van der Waals surface area contributed by atoms with E-state index in [2.05, 4.69) is 25.9 Å². The number of carbonyl (C=O) groups is 1. The van der Waals surface area contributed by atoms with Crippen molar-refractivity contribution in [3.05, 3.63) is 23.8 Å². The van der Waals surface area contributed by atoms with Gasteiger partial charge in [-0.25, -0.2) is 4.98 Å². The van der Waals surface area contributed by atoms with Crippen LogP contribution in [0.5, 0.6) is 0 Å². The van der Waals surface area contributed by atoms with Crippen molar-refractivity contribution in [1.82, 2.24) is 9.97 Å². The third-order valence-corrected chi connectivity index (χ3v) is 2.81. The first kappa shape index (κ1) is 14.9. The molecule has 1 rings (SSSR count). The Morgan fingerprint density at radius 3 is 2.22 bits per heavy atom. The number of esters is 1. The largest absolute Gasteiger partial charge is 0.465 e. The van der Waals surface area contributed by atoms with Crippen LogP contribution in [0.2, 0.25) is 0 Å². The van der Waals surface area contributed by atoms with Crippen LogP contribution in [0, 0.1) is 0 Å². The smallest absolute Gasteiger partial charge is 0.434 e. The van der Waals surface area contributed by atoms with Crippen LogP contribution in [0.15, 0.2) is 12.4 Å². The van der Waals surface area contributed by atoms with Gasteiger partial charge in [0, 0.05) is 0 Å². The lowest BCUT2D eigenvalue weighted by atomic mass is 10.1. The summed E-state index contributed by atoms with van der Waals surface area (Å²) in [6, 6.07) is 0. The molecule has 0 saturated heterocycles. The van der Waals surface area contributed by atoms with E-state index in [9.17, 15) is 18.0 Å². The topological polar surface area (TPSA) is 52.1 Å². The van der Waals surface area contributed by atoms with Crippen molar-refractivity contribution in [1.29, 1.82) is 0 Å². The molecule has 0 aliphatic rings. The molecule has 0 bridgehead atoms. The van der Waals surface area contributed by atoms with Gasteiger partial charge in [-0.1, -0.05) is 15.9 Å². The summed E-state index contributed by atoms with van der Waals surface area (Å²) in [6.45, 7) is 3.22. The zero-order valence-corrected chi connectivity index (χ0v) is 11.2. The summed E-state index contributed by atoms with van der Waals surface area (Å²) >= 11 is 3.07. The summed E-state index contributed by atoms with van der Waals surface area (Å²) < 4.78 is 40.3. The van der Waals surface area contributed by atoms with Crippen molar-refractivity contribution >= 4 is 21.9 Å². The van der Waals surface area contributed by atoms with Crippen molar-refractivity contribution < 1.29 is 22.7 Å². The molecular weight excluding hydrogens is 317 g/mol. The molecule has 100 valence electrons. The van der Waals surface area contributed by atoms with E-state index >= 15 is 0 Å². The van der Waals surface area contributed by atoms with Crippen molar-refractivity contribution in [2.45, 2.75) is 24.3 Å². The summed E-state index contributed by atoms with van der Waals surface area (Å²) in [5.41, 5.74) is -1.06. The molecule has 18 heavy (non-hydrogen) atoms. The van der Waals surface area contributed by atoms with Gasteiger partial charge in [0.15, 0.2) is 10.0 Å². The fourth-order valence-corrected chi connectivity index (χ4v) is 1.41. The number of hydrogen-bond donors (Lipinski definition) is 0. The Bertz CT molecular complexity index is 432. The monoisotopic (exact) mass is 326 g/mol. The Kier molecular flexibility index (Phi) is 4.31. The van der Waals surface area contributed by atoms with Gasteiger partial charge in [0.05, 0.1) is 24.7 Å². The molecule has 1 atom stereocenters. The van der Waals surface area contributed by atoms with E-state index in [0.29, 0.717) is 6.20 Å². The average molecular weight is 327 g/mol. The minimum absolute atomic E-state index is 0.0500. The van der Waals surface area contributed by atoms with E-state index < -0.39 is 22.2 Å². The number of hydrogen-bond acceptors (Lipinski definition) is 4. The number of rotatable bonds is 3. The predicted molar refractivity (Wildman–Crippen MR) is 59.9 cm³/mol. The van der Waals surface area contributed by atoms with Crippen molar-refractivity contribution in [2.75, 3.05) is 6.61 Å². The van der Waals surface area contributed by atoms with Crippen molar-refractivity contribution in [3.8, 4) is 0 Å². The zero-order chi connectivity index (χ0) is 14.0. The minimum Gasteiger partial charge on any atom is -0.465 e. The van der Waals surface area contributed by atoms with Crippen molar-refractivity contribution in [2.24, 2.45) is 0 Å². The number of alkyl halides is 4. The number of ether oxygens (including phenoxy) is 1. The average Bonchev–Trinajstić information content (AvgIpc) is 2.28. The second kappa shape index (κ2) is 5.21. The van der Waals surface area contributed by atoms with Crippen LogP contribution in [-0.4, -0.2) is 22.5 Å². The maximum Gasteiger partial charge on any atom is 0.434 e. The quantitative estimate of drug-likeness (QED) is 0.633. The Balaban J connectivity index is 3.01. The molecule has 1 aromatic heterocycles. The highest BCUT2D eigenvalue weighted by atomic mass is 79.9. The third-order valence-electron chi connectivity index (χ3n) is 2.08. The normalized spacial score (nSPS) is 15.0. The molecule has 0 aliphatic heterocycles. The number of aromatic nitrogens is 2. The highest BCUT2D eigenvalue weighted by molar-refractivity contribution is 9.10. The molecule has 0 spiro atoms. The van der Waals surface area contributed by atoms with Gasteiger partial charge in [-0.15, -0.1) is 0 Å². The maximum atomic E-state index is 12.3. The molecule has 0 unspecified atom stereocenters. The van der Waals surface area contributed by atoms with Gasteiger partial charge in [0.1, 0.15) is 0 Å². The highest BCUT2D eigenvalue weighted by Crippen LogP contribution is 2.32. The summed E-state index contributed by atoms with van der Waals surface area (Å²) in [5, 5.41) is 0. The van der Waals surface area contributed by atoms with Gasteiger partial charge in [-0.05, 0) is 13.8 Å². The van der Waals surface area contributed by atoms with Gasteiger partial charge in [-0.3, -0.25) is 9.78 Å². The molecule has 0 N–H and O–H groups in total. The molecule has 0 radical (unpaired) electrons. The van der Waals surface area contributed by atoms with E-state index in [1.54, 1.807) is 6.92 Å². The van der Waals surface area contributed by atoms with Gasteiger partial charge in [-0.2, -0.15) is 13.2 Å². The molecule has 8 heteroatoms. The third kappa shape index (κ3) is 3.18. The second-order valence-corrected chi connectivity index (χ2v) is 5.09. The maximum absolute atomic E-state index is 12.3. The van der Waals surface area contributed by atoms with Gasteiger partial charge < -0.3 is 4.74 Å². The first-order valence-corrected chi connectivity index (χ1v) is 5.74. The molecule has 0 fully saturated rings. The van der Waals surface area contributed by atoms with Gasteiger partial charge in [0.25, 0.3) is 0 Å². The summed E-state index contributed by atoms with van der Waals surface area (Å²) in [5.74, 6) is -0.640. The van der Waals surface area contributed by atoms with E-state index in [1.165, 1.54) is 6.92 Å². The SMILES string of the molecule is CCOC(=O)[C@@](C)(Br)c1cnc(C(F)(F)F)cn1. The highest BCUT2D eigenvalue weighted by Gasteiger charge is 2.38. The lowest BCUT2D eigenvalue weighted by molar-refractivity contribution is -0.145. The van der Waals surface area contributed by atoms with Crippen LogP contribution in [0.4, 0.5) is 13.2 Å². The number of halogens is 4. The fourth-order valence-electron chi connectivity index (χ4n) is 1.09. The van der Waals surface area contributed by atoms with Gasteiger partial charge in [0.2, 0.25) is 0 Å². The van der Waals surface area contributed by atoms with Crippen molar-refractivity contribution in [3.63, 3.8) is 0 Å². The molecule has 0 aromatic carbocycles. The van der Waals surface area contributed by atoms with Crippen LogP contribution in [0.1, 0.15) is 25.2 Å². The van der Waals surface area contributed by atoms with E-state index in [0.717, 1.165) is 6.20 Å². The second-order valence-electron chi connectivity index (χ2n) is 3.51. The molecule has 4 nitrogen and oxygen atoms in total. The zero-order valence-electron chi connectivity index (χ0n) is 9.58. The lowest BCUT2D eigenvalue weighted by Gasteiger charge is -2.19. The lowest BCUT2D eigenvalue weighted by Crippen LogP contribution is -2.29. The number of carbonyl (C=O) groups excluding carboxylic acids is 1. The van der Waals surface area contributed by atoms with E-state index in [4.69, 9.17) is 4.74 Å². The summed E-state index contributed by atoms with van der Waals surface area (Å²) in [7, 11) is 0. The molecule has 0 aliphatic carbocycles. The van der Waals surface area contributed by atoms with Crippen LogP contribution in [-0.2, 0) is 20.0 Å². The Morgan fingerprint density at radius 1 is 1.33 bits per heavy atom. The van der Waals surface area contributed by atoms with Crippen LogP contribution < -0.4 is 0 Å². The Labute approximate surface area is 110 Å². The number of nitrogens with zero attached hydrogens (tertiary/aromatic N) is 2. The molecular formula is C10H10BrF3N2O2. The molecule has 0 saturated carbocycles. The standard InChI is InChI=1S/C10H10BrF3N2O2/c1-3-18-8(17)9(2,11)6-4-16-7(5-15-6)10(12,13)14/h4-5H,3H2,1-2H3/t9-/m0/s1. The van der Waals surface area contributed by atoms with Crippen LogP contribution in [0.3, 0.4) is 0 Å². The van der Waals surface area contributed by atoms with E-state index in [1.807, 2.05) is 0 Å². The minimum atomic E-state index is -4.56. The van der Waals surface area contributed by atoms with Crippen LogP contribution in [0.25, 0.3) is 0 Å². The van der Waals surface area contributed by atoms with Gasteiger partial charge >= 0.3 is 12.1 Å². The molecule has 1 heterocycles. The van der Waals surface area contributed by atoms with Crippen LogP contribution >= 0.6 is 15.9 Å². The Hall–Kier alpha value is -1.18.